The van der Waals surface area contributed by atoms with E-state index >= 15 is 0 Å². The molecule has 1 aromatic heterocycles. The van der Waals surface area contributed by atoms with Gasteiger partial charge < -0.3 is 10.7 Å². The van der Waals surface area contributed by atoms with Gasteiger partial charge in [0.2, 0.25) is 10.0 Å². The van der Waals surface area contributed by atoms with E-state index in [1.54, 1.807) is 12.3 Å². The van der Waals surface area contributed by atoms with Crippen LogP contribution in [0.15, 0.2) is 40.1 Å². The third-order valence-corrected chi connectivity index (χ3v) is 4.41. The van der Waals surface area contributed by atoms with Crippen molar-refractivity contribution in [3.8, 4) is 0 Å². The van der Waals surface area contributed by atoms with Crippen LogP contribution in [-0.4, -0.2) is 18.4 Å². The van der Waals surface area contributed by atoms with Gasteiger partial charge >= 0.3 is 0 Å². The second kappa shape index (κ2) is 5.09. The van der Waals surface area contributed by atoms with Gasteiger partial charge in [-0.15, -0.1) is 0 Å². The number of aromatic nitrogens is 2. The van der Waals surface area contributed by atoms with E-state index in [9.17, 15) is 8.42 Å². The van der Waals surface area contributed by atoms with Gasteiger partial charge in [0, 0.05) is 22.1 Å². The van der Waals surface area contributed by atoms with Crippen molar-refractivity contribution in [2.24, 2.45) is 0 Å². The molecule has 0 aliphatic carbocycles. The van der Waals surface area contributed by atoms with Gasteiger partial charge in [-0.05, 0) is 34.1 Å². The Morgan fingerprint density at radius 3 is 2.83 bits per heavy atom. The molecule has 6 nitrogen and oxygen atoms in total. The smallest absolute Gasteiger partial charge is 0.240 e. The fourth-order valence-corrected chi connectivity index (χ4v) is 2.61. The van der Waals surface area contributed by atoms with Gasteiger partial charge in [-0.1, -0.05) is 0 Å². The average Bonchev–Trinajstić information content (AvgIpc) is 2.83. The van der Waals surface area contributed by atoms with Gasteiger partial charge in [0.1, 0.15) is 0 Å². The lowest BCUT2D eigenvalue weighted by molar-refractivity contribution is 0.580. The number of nitrogen functional groups attached to an aromatic ring is 1. The lowest BCUT2D eigenvalue weighted by Gasteiger charge is -2.07. The molecule has 0 aliphatic heterocycles. The molecule has 4 N–H and O–H groups in total. The van der Waals surface area contributed by atoms with Crippen molar-refractivity contribution >= 4 is 31.6 Å². The SMILES string of the molecule is Nc1cc(S(=O)(=O)NCc2cnc[nH]2)ccc1Br. The molecule has 1 aromatic carbocycles. The topological polar surface area (TPSA) is 101 Å². The molecule has 2 aromatic rings. The minimum Gasteiger partial charge on any atom is -0.398 e. The van der Waals surface area contributed by atoms with Gasteiger partial charge in [0.15, 0.2) is 0 Å². The van der Waals surface area contributed by atoms with Gasteiger partial charge in [0.05, 0.1) is 17.8 Å². The van der Waals surface area contributed by atoms with Gasteiger partial charge in [-0.2, -0.15) is 0 Å². The number of benzene rings is 1. The Hall–Kier alpha value is -1.38. The number of halogens is 1. The van der Waals surface area contributed by atoms with Gasteiger partial charge in [-0.3, -0.25) is 0 Å². The predicted octanol–water partition coefficient (Wildman–Crippen LogP) is 1.23. The molecule has 1 heterocycles. The molecule has 0 radical (unpaired) electrons. The quantitative estimate of drug-likeness (QED) is 0.734. The van der Waals surface area contributed by atoms with Crippen LogP contribution in [0.2, 0.25) is 0 Å². The lowest BCUT2D eigenvalue weighted by Crippen LogP contribution is -2.23. The number of sulfonamides is 1. The highest BCUT2D eigenvalue weighted by atomic mass is 79.9. The minimum absolute atomic E-state index is 0.128. The number of hydrogen-bond acceptors (Lipinski definition) is 4. The summed E-state index contributed by atoms with van der Waals surface area (Å²) in [5.74, 6) is 0. The maximum Gasteiger partial charge on any atom is 0.240 e. The first-order valence-electron chi connectivity index (χ1n) is 5.01. The number of anilines is 1. The zero-order chi connectivity index (χ0) is 13.2. The van der Waals surface area contributed by atoms with E-state index in [0.717, 1.165) is 0 Å². The molecule has 0 amide bonds. The Morgan fingerprint density at radius 2 is 2.22 bits per heavy atom. The number of nitrogens with one attached hydrogen (secondary N) is 2. The van der Waals surface area contributed by atoms with Gasteiger partial charge in [0.25, 0.3) is 0 Å². The molecule has 0 unspecified atom stereocenters. The number of H-pyrrole nitrogens is 1. The molecule has 96 valence electrons. The molecule has 0 fully saturated rings. The first kappa shape index (κ1) is 13.1. The van der Waals surface area contributed by atoms with Crippen LogP contribution in [0, 0.1) is 0 Å². The number of aromatic amines is 1. The maximum absolute atomic E-state index is 12.0. The molecule has 0 saturated carbocycles. The highest BCUT2D eigenvalue weighted by molar-refractivity contribution is 9.10. The highest BCUT2D eigenvalue weighted by Crippen LogP contribution is 2.22. The van der Waals surface area contributed by atoms with E-state index in [1.807, 2.05) is 0 Å². The lowest BCUT2D eigenvalue weighted by atomic mass is 10.3. The van der Waals surface area contributed by atoms with E-state index < -0.39 is 10.0 Å². The number of nitrogens with zero attached hydrogens (tertiary/aromatic N) is 1. The van der Waals surface area contributed by atoms with Crippen LogP contribution in [0.3, 0.4) is 0 Å². The summed E-state index contributed by atoms with van der Waals surface area (Å²) >= 11 is 3.21. The molecule has 0 aliphatic rings. The second-order valence-corrected chi connectivity index (χ2v) is 6.21. The van der Waals surface area contributed by atoms with Crippen LogP contribution < -0.4 is 10.5 Å². The van der Waals surface area contributed by atoms with Crippen LogP contribution >= 0.6 is 15.9 Å². The second-order valence-electron chi connectivity index (χ2n) is 3.58. The molecule has 2 rings (SSSR count). The summed E-state index contributed by atoms with van der Waals surface area (Å²) < 4.78 is 27.1. The summed E-state index contributed by atoms with van der Waals surface area (Å²) in [5.41, 5.74) is 6.71. The maximum atomic E-state index is 12.0. The van der Waals surface area contributed by atoms with E-state index in [0.29, 0.717) is 15.9 Å². The Morgan fingerprint density at radius 1 is 1.44 bits per heavy atom. The van der Waals surface area contributed by atoms with Gasteiger partial charge in [-0.25, -0.2) is 18.1 Å². The van der Waals surface area contributed by atoms with Crippen molar-refractivity contribution in [2.75, 3.05) is 5.73 Å². The zero-order valence-corrected chi connectivity index (χ0v) is 11.6. The van der Waals surface area contributed by atoms with E-state index in [1.165, 1.54) is 18.5 Å². The number of imidazole rings is 1. The standard InChI is InChI=1S/C10H11BrN4O2S/c11-9-2-1-8(3-10(9)12)18(16,17)15-5-7-4-13-6-14-7/h1-4,6,15H,5,12H2,(H,13,14). The molecular formula is C10H11BrN4O2S. The van der Waals surface area contributed by atoms with Crippen molar-refractivity contribution in [3.63, 3.8) is 0 Å². The van der Waals surface area contributed by atoms with Crippen LogP contribution in [0.4, 0.5) is 5.69 Å². The molecule has 0 atom stereocenters. The summed E-state index contributed by atoms with van der Waals surface area (Å²) in [4.78, 5) is 6.74. The van der Waals surface area contributed by atoms with Crippen LogP contribution in [0.25, 0.3) is 0 Å². The summed E-state index contributed by atoms with van der Waals surface area (Å²) in [6.07, 6.45) is 3.04. The van der Waals surface area contributed by atoms with Crippen LogP contribution in [-0.2, 0) is 16.6 Å². The molecule has 8 heteroatoms. The summed E-state index contributed by atoms with van der Waals surface area (Å²) in [5, 5.41) is 0. The van der Waals surface area contributed by atoms with E-state index in [-0.39, 0.29) is 11.4 Å². The molecule has 0 spiro atoms. The van der Waals surface area contributed by atoms with E-state index in [4.69, 9.17) is 5.73 Å². The Labute approximate surface area is 113 Å². The summed E-state index contributed by atoms with van der Waals surface area (Å²) in [6.45, 7) is 0.151. The predicted molar refractivity (Wildman–Crippen MR) is 71.2 cm³/mol. The number of rotatable bonds is 4. The summed E-state index contributed by atoms with van der Waals surface area (Å²) in [7, 11) is -3.57. The Kier molecular flexibility index (Phi) is 3.69. The van der Waals surface area contributed by atoms with Crippen LogP contribution in [0.1, 0.15) is 5.69 Å². The average molecular weight is 331 g/mol. The normalized spacial score (nSPS) is 11.6. The van der Waals surface area contributed by atoms with Crippen molar-refractivity contribution in [1.82, 2.24) is 14.7 Å². The largest absolute Gasteiger partial charge is 0.398 e. The third-order valence-electron chi connectivity index (χ3n) is 2.29. The molecule has 18 heavy (non-hydrogen) atoms. The monoisotopic (exact) mass is 330 g/mol. The Bertz CT molecular complexity index is 640. The summed E-state index contributed by atoms with van der Waals surface area (Å²) in [6, 6.07) is 4.48. The fourth-order valence-electron chi connectivity index (χ4n) is 1.33. The Balaban J connectivity index is 2.17. The highest BCUT2D eigenvalue weighted by Gasteiger charge is 2.14. The molecular weight excluding hydrogens is 320 g/mol. The van der Waals surface area contributed by atoms with Crippen molar-refractivity contribution in [3.05, 3.63) is 40.9 Å². The molecule has 0 bridgehead atoms. The van der Waals surface area contributed by atoms with E-state index in [2.05, 4.69) is 30.6 Å². The number of hydrogen-bond donors (Lipinski definition) is 3. The fraction of sp³-hybridized carbons (Fsp3) is 0.100. The van der Waals surface area contributed by atoms with Crippen molar-refractivity contribution in [2.45, 2.75) is 11.4 Å². The minimum atomic E-state index is -3.57. The van der Waals surface area contributed by atoms with Crippen molar-refractivity contribution < 1.29 is 8.42 Å². The first-order valence-corrected chi connectivity index (χ1v) is 7.28. The van der Waals surface area contributed by atoms with Crippen molar-refractivity contribution in [1.29, 1.82) is 0 Å². The third kappa shape index (κ3) is 2.89. The first-order chi connectivity index (χ1) is 8.49. The zero-order valence-electron chi connectivity index (χ0n) is 9.22. The number of nitrogens with two attached hydrogens (primary N) is 1. The molecule has 0 saturated heterocycles. The van der Waals surface area contributed by atoms with Crippen LogP contribution in [0.5, 0.6) is 0 Å².